The first-order valence-corrected chi connectivity index (χ1v) is 9.01. The van der Waals surface area contributed by atoms with Gasteiger partial charge in [-0.3, -0.25) is 4.79 Å². The van der Waals surface area contributed by atoms with E-state index in [1.807, 2.05) is 0 Å². The molecule has 2 aromatic rings. The molecule has 23 heavy (non-hydrogen) atoms. The molecular weight excluding hydrogens is 361 g/mol. The van der Waals surface area contributed by atoms with E-state index in [9.17, 15) is 13.2 Å². The average Bonchev–Trinajstić information content (AvgIpc) is 2.46. The van der Waals surface area contributed by atoms with Crippen LogP contribution in [0.5, 0.6) is 5.75 Å². The molecular formula is C15H13Cl2NO4S. The van der Waals surface area contributed by atoms with Crippen LogP contribution in [0.1, 0.15) is 10.4 Å². The van der Waals surface area contributed by atoms with Crippen molar-refractivity contribution < 1.29 is 17.9 Å². The summed E-state index contributed by atoms with van der Waals surface area (Å²) in [5, 5.41) is 3.09. The lowest BCUT2D eigenvalue weighted by Crippen LogP contribution is -2.13. The number of hydrogen-bond donors (Lipinski definition) is 1. The van der Waals surface area contributed by atoms with Crippen molar-refractivity contribution in [3.8, 4) is 5.75 Å². The van der Waals surface area contributed by atoms with Crippen molar-refractivity contribution in [2.75, 3.05) is 18.7 Å². The maximum atomic E-state index is 12.3. The molecule has 2 rings (SSSR count). The molecule has 2 aromatic carbocycles. The highest BCUT2D eigenvalue weighted by Gasteiger charge is 2.16. The molecule has 0 saturated carbocycles. The van der Waals surface area contributed by atoms with E-state index in [1.165, 1.54) is 31.4 Å². The van der Waals surface area contributed by atoms with E-state index in [-0.39, 0.29) is 15.5 Å². The summed E-state index contributed by atoms with van der Waals surface area (Å²) in [6, 6.07) is 8.68. The predicted octanol–water partition coefficient (Wildman–Crippen LogP) is 3.66. The molecule has 0 bridgehead atoms. The Bertz CT molecular complexity index is 866. The van der Waals surface area contributed by atoms with Crippen LogP contribution in [0.25, 0.3) is 0 Å². The zero-order valence-electron chi connectivity index (χ0n) is 12.3. The fraction of sp³-hybridized carbons (Fsp3) is 0.133. The number of methoxy groups -OCH3 is 1. The second-order valence-electron chi connectivity index (χ2n) is 4.72. The Kier molecular flexibility index (Phi) is 5.19. The van der Waals surface area contributed by atoms with Gasteiger partial charge in [-0.25, -0.2) is 8.42 Å². The van der Waals surface area contributed by atoms with E-state index in [0.29, 0.717) is 16.5 Å². The van der Waals surface area contributed by atoms with Gasteiger partial charge in [0.2, 0.25) is 0 Å². The molecule has 0 spiro atoms. The Labute approximate surface area is 144 Å². The molecule has 8 heteroatoms. The number of sulfone groups is 1. The Morgan fingerprint density at radius 2 is 1.78 bits per heavy atom. The normalized spacial score (nSPS) is 11.1. The number of nitrogens with one attached hydrogen (secondary N) is 1. The fourth-order valence-corrected chi connectivity index (χ4v) is 2.96. The molecule has 0 aliphatic heterocycles. The SMILES string of the molecule is COc1ccc(NC(=O)c2cc(S(C)(=O)=O)ccc2Cl)cc1Cl. The van der Waals surface area contributed by atoms with Crippen molar-refractivity contribution in [2.24, 2.45) is 0 Å². The minimum absolute atomic E-state index is 0.0137. The molecule has 0 saturated heterocycles. The van der Waals surface area contributed by atoms with Crippen LogP contribution >= 0.6 is 23.2 Å². The minimum atomic E-state index is -3.44. The van der Waals surface area contributed by atoms with Crippen molar-refractivity contribution >= 4 is 44.6 Å². The molecule has 0 aromatic heterocycles. The first-order chi connectivity index (χ1) is 10.7. The van der Waals surface area contributed by atoms with Crippen LogP contribution in [0.2, 0.25) is 10.0 Å². The second kappa shape index (κ2) is 6.78. The van der Waals surface area contributed by atoms with Crippen LogP contribution in [-0.4, -0.2) is 27.7 Å². The van der Waals surface area contributed by atoms with E-state index < -0.39 is 15.7 Å². The Balaban J connectivity index is 2.32. The largest absolute Gasteiger partial charge is 0.495 e. The summed E-state index contributed by atoms with van der Waals surface area (Å²) in [5.41, 5.74) is 0.489. The van der Waals surface area contributed by atoms with E-state index in [2.05, 4.69) is 5.32 Å². The number of amides is 1. The first-order valence-electron chi connectivity index (χ1n) is 6.37. The maximum Gasteiger partial charge on any atom is 0.257 e. The molecule has 5 nitrogen and oxygen atoms in total. The zero-order valence-corrected chi connectivity index (χ0v) is 14.6. The number of hydrogen-bond acceptors (Lipinski definition) is 4. The second-order valence-corrected chi connectivity index (χ2v) is 7.55. The van der Waals surface area contributed by atoms with E-state index in [0.717, 1.165) is 6.26 Å². The van der Waals surface area contributed by atoms with E-state index in [1.54, 1.807) is 12.1 Å². The van der Waals surface area contributed by atoms with Gasteiger partial charge in [-0.15, -0.1) is 0 Å². The van der Waals surface area contributed by atoms with Gasteiger partial charge in [0.05, 0.1) is 27.6 Å². The Morgan fingerprint density at radius 3 is 2.35 bits per heavy atom. The van der Waals surface area contributed by atoms with Gasteiger partial charge < -0.3 is 10.1 Å². The van der Waals surface area contributed by atoms with Crippen molar-refractivity contribution in [1.29, 1.82) is 0 Å². The molecule has 122 valence electrons. The number of anilines is 1. The lowest BCUT2D eigenvalue weighted by Gasteiger charge is -2.10. The monoisotopic (exact) mass is 373 g/mol. The minimum Gasteiger partial charge on any atom is -0.495 e. The highest BCUT2D eigenvalue weighted by atomic mass is 35.5. The molecule has 1 amide bonds. The quantitative estimate of drug-likeness (QED) is 0.887. The number of rotatable bonds is 4. The highest BCUT2D eigenvalue weighted by Crippen LogP contribution is 2.28. The predicted molar refractivity (Wildman–Crippen MR) is 90.5 cm³/mol. The third-order valence-corrected chi connectivity index (χ3v) is 4.76. The van der Waals surface area contributed by atoms with Gasteiger partial charge in [0.15, 0.2) is 9.84 Å². The van der Waals surface area contributed by atoms with Crippen LogP contribution in [0.3, 0.4) is 0 Å². The summed E-state index contributed by atoms with van der Waals surface area (Å²) in [6.07, 6.45) is 1.06. The van der Waals surface area contributed by atoms with Crippen LogP contribution in [0.4, 0.5) is 5.69 Å². The molecule has 0 fully saturated rings. The van der Waals surface area contributed by atoms with Gasteiger partial charge in [0.25, 0.3) is 5.91 Å². The van der Waals surface area contributed by atoms with E-state index in [4.69, 9.17) is 27.9 Å². The Morgan fingerprint density at radius 1 is 1.09 bits per heavy atom. The highest BCUT2D eigenvalue weighted by molar-refractivity contribution is 7.90. The van der Waals surface area contributed by atoms with Crippen molar-refractivity contribution in [3.63, 3.8) is 0 Å². The summed E-state index contributed by atoms with van der Waals surface area (Å²) in [7, 11) is -1.96. The molecule has 0 radical (unpaired) electrons. The average molecular weight is 374 g/mol. The number of benzene rings is 2. The first kappa shape index (κ1) is 17.6. The molecule has 0 aliphatic carbocycles. The summed E-state index contributed by atoms with van der Waals surface area (Å²) in [6.45, 7) is 0. The van der Waals surface area contributed by atoms with Crippen LogP contribution < -0.4 is 10.1 Å². The standard InChI is InChI=1S/C15H13Cl2NO4S/c1-22-14-6-3-9(7-13(14)17)18-15(19)11-8-10(23(2,20)21)4-5-12(11)16/h3-8H,1-2H3,(H,18,19). The third kappa shape index (κ3) is 4.16. The van der Waals surface area contributed by atoms with Gasteiger partial charge in [-0.1, -0.05) is 23.2 Å². The zero-order chi connectivity index (χ0) is 17.2. The Hall–Kier alpha value is -1.76. The smallest absolute Gasteiger partial charge is 0.257 e. The van der Waals surface area contributed by atoms with Gasteiger partial charge in [0.1, 0.15) is 5.75 Å². The van der Waals surface area contributed by atoms with Crippen LogP contribution in [0, 0.1) is 0 Å². The van der Waals surface area contributed by atoms with Gasteiger partial charge in [-0.05, 0) is 36.4 Å². The number of ether oxygens (including phenoxy) is 1. The molecule has 1 N–H and O–H groups in total. The summed E-state index contributed by atoms with van der Waals surface area (Å²) >= 11 is 12.0. The lowest BCUT2D eigenvalue weighted by molar-refractivity contribution is 0.102. The molecule has 0 unspecified atom stereocenters. The van der Waals surface area contributed by atoms with Crippen molar-refractivity contribution in [1.82, 2.24) is 0 Å². The molecule has 0 heterocycles. The van der Waals surface area contributed by atoms with Crippen molar-refractivity contribution in [2.45, 2.75) is 4.90 Å². The van der Waals surface area contributed by atoms with Crippen LogP contribution in [0.15, 0.2) is 41.3 Å². The van der Waals surface area contributed by atoms with Gasteiger partial charge >= 0.3 is 0 Å². The van der Waals surface area contributed by atoms with Gasteiger partial charge in [-0.2, -0.15) is 0 Å². The molecule has 0 aliphatic rings. The number of carbonyl (C=O) groups excluding carboxylic acids is 1. The number of halogens is 2. The fourth-order valence-electron chi connectivity index (χ4n) is 1.85. The molecule has 0 atom stereocenters. The summed E-state index contributed by atoms with van der Waals surface area (Å²) < 4.78 is 28.2. The topological polar surface area (TPSA) is 72.5 Å². The maximum absolute atomic E-state index is 12.3. The summed E-state index contributed by atoms with van der Waals surface area (Å²) in [4.78, 5) is 12.3. The van der Waals surface area contributed by atoms with E-state index >= 15 is 0 Å². The van der Waals surface area contributed by atoms with Crippen molar-refractivity contribution in [3.05, 3.63) is 52.0 Å². The lowest BCUT2D eigenvalue weighted by atomic mass is 10.2. The van der Waals surface area contributed by atoms with Crippen LogP contribution in [-0.2, 0) is 9.84 Å². The van der Waals surface area contributed by atoms with Gasteiger partial charge in [0, 0.05) is 11.9 Å². The summed E-state index contributed by atoms with van der Waals surface area (Å²) in [5.74, 6) is -0.0662. The third-order valence-electron chi connectivity index (χ3n) is 3.02. The number of carbonyl (C=O) groups is 1.